The Balaban J connectivity index is 1.89. The third kappa shape index (κ3) is 3.45. The number of nitrogens with zero attached hydrogens (tertiary/aromatic N) is 1. The molecule has 1 amide bonds. The van der Waals surface area contributed by atoms with Crippen LogP contribution in [-0.4, -0.2) is 21.7 Å². The Bertz CT molecular complexity index is 1100. The number of amides is 1. The zero-order valence-corrected chi connectivity index (χ0v) is 16.4. The van der Waals surface area contributed by atoms with Crippen molar-refractivity contribution in [3.8, 4) is 0 Å². The van der Waals surface area contributed by atoms with Crippen LogP contribution >= 0.6 is 11.6 Å². The highest BCUT2D eigenvalue weighted by Gasteiger charge is 2.47. The van der Waals surface area contributed by atoms with E-state index in [9.17, 15) is 14.7 Å². The van der Waals surface area contributed by atoms with Gasteiger partial charge in [-0.05, 0) is 30.7 Å². The van der Waals surface area contributed by atoms with Crippen molar-refractivity contribution in [1.29, 1.82) is 0 Å². The van der Waals surface area contributed by atoms with Gasteiger partial charge in [-0.1, -0.05) is 59.6 Å². The minimum absolute atomic E-state index is 0.0125. The maximum absolute atomic E-state index is 12.9. The second-order valence-corrected chi connectivity index (χ2v) is 7.30. The zero-order valence-electron chi connectivity index (χ0n) is 15.6. The van der Waals surface area contributed by atoms with Crippen LogP contribution in [0, 0.1) is 6.92 Å². The molecule has 1 N–H and O–H groups in total. The molecule has 1 saturated heterocycles. The lowest BCUT2D eigenvalue weighted by atomic mass is 9.95. The molecule has 2 aromatic carbocycles. The predicted molar refractivity (Wildman–Crippen MR) is 109 cm³/mol. The van der Waals surface area contributed by atoms with Gasteiger partial charge in [-0.3, -0.25) is 9.59 Å². The van der Waals surface area contributed by atoms with Crippen molar-refractivity contribution < 1.29 is 19.1 Å². The lowest BCUT2D eigenvalue weighted by Gasteiger charge is -2.25. The summed E-state index contributed by atoms with van der Waals surface area (Å²) in [6, 6.07) is 16.7. The summed E-state index contributed by atoms with van der Waals surface area (Å²) in [6.07, 6.45) is 1.50. The average Bonchev–Trinajstić information content (AvgIpc) is 3.31. The minimum Gasteiger partial charge on any atom is -0.507 e. The first kappa shape index (κ1) is 19.0. The summed E-state index contributed by atoms with van der Waals surface area (Å²) in [7, 11) is 0. The van der Waals surface area contributed by atoms with Gasteiger partial charge in [0.2, 0.25) is 0 Å². The second-order valence-electron chi connectivity index (χ2n) is 6.89. The molecule has 29 heavy (non-hydrogen) atoms. The van der Waals surface area contributed by atoms with E-state index in [1.54, 1.807) is 48.5 Å². The van der Waals surface area contributed by atoms with Gasteiger partial charge in [0.05, 0.1) is 24.4 Å². The van der Waals surface area contributed by atoms with Crippen molar-refractivity contribution in [1.82, 2.24) is 4.90 Å². The van der Waals surface area contributed by atoms with E-state index in [-0.39, 0.29) is 17.9 Å². The fraction of sp³-hybridized carbons (Fsp3) is 0.130. The number of ketones is 1. The summed E-state index contributed by atoms with van der Waals surface area (Å²) >= 11 is 6.41. The molecule has 0 saturated carbocycles. The largest absolute Gasteiger partial charge is 0.507 e. The quantitative estimate of drug-likeness (QED) is 0.381. The topological polar surface area (TPSA) is 70.8 Å². The second kappa shape index (κ2) is 7.60. The van der Waals surface area contributed by atoms with Crippen molar-refractivity contribution in [3.63, 3.8) is 0 Å². The number of halogens is 1. The molecule has 5 nitrogen and oxygen atoms in total. The Kier molecular flexibility index (Phi) is 4.99. The number of aliphatic hydroxyl groups excluding tert-OH is 1. The highest BCUT2D eigenvalue weighted by Crippen LogP contribution is 2.42. The normalized spacial score (nSPS) is 18.4. The number of carbonyl (C=O) groups is 2. The summed E-state index contributed by atoms with van der Waals surface area (Å²) in [5, 5.41) is 11.4. The van der Waals surface area contributed by atoms with E-state index in [0.29, 0.717) is 21.9 Å². The van der Waals surface area contributed by atoms with Crippen LogP contribution in [0.25, 0.3) is 5.76 Å². The molecule has 0 unspecified atom stereocenters. The van der Waals surface area contributed by atoms with Gasteiger partial charge in [-0.2, -0.15) is 0 Å². The first-order valence-electron chi connectivity index (χ1n) is 9.09. The lowest BCUT2D eigenvalue weighted by molar-refractivity contribution is -0.140. The number of rotatable bonds is 4. The van der Waals surface area contributed by atoms with E-state index >= 15 is 0 Å². The molecule has 0 aliphatic carbocycles. The van der Waals surface area contributed by atoms with E-state index in [2.05, 4.69) is 0 Å². The minimum atomic E-state index is -0.824. The molecule has 1 fully saturated rings. The van der Waals surface area contributed by atoms with Gasteiger partial charge in [0, 0.05) is 10.6 Å². The maximum atomic E-state index is 12.9. The first-order chi connectivity index (χ1) is 14.0. The van der Waals surface area contributed by atoms with Crippen LogP contribution in [0.3, 0.4) is 0 Å². The number of hydrogen-bond donors (Lipinski definition) is 1. The number of aliphatic hydroxyl groups is 1. The van der Waals surface area contributed by atoms with E-state index in [1.165, 1.54) is 11.2 Å². The molecule has 0 spiro atoms. The first-order valence-corrected chi connectivity index (χ1v) is 9.47. The monoisotopic (exact) mass is 407 g/mol. The fourth-order valence-corrected chi connectivity index (χ4v) is 3.74. The Morgan fingerprint density at radius 1 is 1.07 bits per heavy atom. The molecule has 1 atom stereocenters. The highest BCUT2D eigenvalue weighted by atomic mass is 35.5. The van der Waals surface area contributed by atoms with Crippen LogP contribution in [0.15, 0.2) is 76.9 Å². The SMILES string of the molecule is Cc1ccc(/C(O)=C2\C(=O)C(=O)N(Cc3ccco3)[C@H]2c2ccccc2Cl)cc1. The Labute approximate surface area is 172 Å². The Morgan fingerprint density at radius 3 is 2.45 bits per heavy atom. The summed E-state index contributed by atoms with van der Waals surface area (Å²) in [6.45, 7) is 2.01. The van der Waals surface area contributed by atoms with E-state index in [4.69, 9.17) is 16.0 Å². The molecule has 0 radical (unpaired) electrons. The third-order valence-corrected chi connectivity index (χ3v) is 5.32. The van der Waals surface area contributed by atoms with Gasteiger partial charge in [-0.15, -0.1) is 0 Å². The van der Waals surface area contributed by atoms with Crippen LogP contribution in [0.1, 0.15) is 28.5 Å². The number of likely N-dealkylation sites (tertiary alicyclic amines) is 1. The van der Waals surface area contributed by atoms with E-state index < -0.39 is 17.7 Å². The van der Waals surface area contributed by atoms with Crippen molar-refractivity contribution in [3.05, 3.63) is 100.0 Å². The summed E-state index contributed by atoms with van der Waals surface area (Å²) in [5.74, 6) is -1.16. The highest BCUT2D eigenvalue weighted by molar-refractivity contribution is 6.46. The lowest BCUT2D eigenvalue weighted by Crippen LogP contribution is -2.29. The van der Waals surface area contributed by atoms with Gasteiger partial charge in [0.25, 0.3) is 11.7 Å². The van der Waals surface area contributed by atoms with E-state index in [0.717, 1.165) is 5.56 Å². The van der Waals surface area contributed by atoms with Crippen LogP contribution in [0.2, 0.25) is 5.02 Å². The average molecular weight is 408 g/mol. The van der Waals surface area contributed by atoms with Crippen LogP contribution in [-0.2, 0) is 16.1 Å². The summed E-state index contributed by atoms with van der Waals surface area (Å²) < 4.78 is 5.37. The number of aryl methyl sites for hydroxylation is 1. The number of hydrogen-bond acceptors (Lipinski definition) is 4. The molecule has 1 aliphatic rings. The molecule has 6 heteroatoms. The maximum Gasteiger partial charge on any atom is 0.296 e. The Morgan fingerprint density at radius 2 is 1.79 bits per heavy atom. The fourth-order valence-electron chi connectivity index (χ4n) is 3.50. The molecule has 3 aromatic rings. The molecule has 146 valence electrons. The van der Waals surface area contributed by atoms with Gasteiger partial charge in [0.15, 0.2) is 0 Å². The zero-order chi connectivity index (χ0) is 20.5. The number of benzene rings is 2. The molecule has 2 heterocycles. The van der Waals surface area contributed by atoms with Gasteiger partial charge in [-0.25, -0.2) is 0 Å². The van der Waals surface area contributed by atoms with Crippen molar-refractivity contribution in [2.45, 2.75) is 19.5 Å². The number of Topliss-reactive ketones (excluding diaryl/α,β-unsaturated/α-hetero) is 1. The molecule has 0 bridgehead atoms. The van der Waals surface area contributed by atoms with Gasteiger partial charge >= 0.3 is 0 Å². The van der Waals surface area contributed by atoms with E-state index in [1.807, 2.05) is 19.1 Å². The molecule has 1 aliphatic heterocycles. The Hall–Kier alpha value is -3.31. The van der Waals surface area contributed by atoms with Crippen molar-refractivity contribution in [2.75, 3.05) is 0 Å². The molecule has 4 rings (SSSR count). The van der Waals surface area contributed by atoms with Crippen molar-refractivity contribution >= 4 is 29.1 Å². The molecule has 1 aromatic heterocycles. The molecular formula is C23H18ClNO4. The standard InChI is InChI=1S/C23H18ClNO4/c1-14-8-10-15(11-9-14)21(26)19-20(17-6-2-3-7-18(17)24)25(23(28)22(19)27)13-16-5-4-12-29-16/h2-12,20,26H,13H2,1H3/b21-19+/t20-/m0/s1. The number of carbonyl (C=O) groups excluding carboxylic acids is 2. The smallest absolute Gasteiger partial charge is 0.296 e. The third-order valence-electron chi connectivity index (χ3n) is 4.97. The van der Waals surface area contributed by atoms with Crippen LogP contribution in [0.5, 0.6) is 0 Å². The number of furan rings is 1. The van der Waals surface area contributed by atoms with Crippen molar-refractivity contribution in [2.24, 2.45) is 0 Å². The van der Waals surface area contributed by atoms with Gasteiger partial charge in [0.1, 0.15) is 11.5 Å². The van der Waals surface area contributed by atoms with Gasteiger partial charge < -0.3 is 14.4 Å². The predicted octanol–water partition coefficient (Wildman–Crippen LogP) is 4.86. The molecular weight excluding hydrogens is 390 g/mol. The summed E-state index contributed by atoms with van der Waals surface area (Å²) in [5.41, 5.74) is 2.05. The van der Waals surface area contributed by atoms with Crippen LogP contribution < -0.4 is 0 Å². The van der Waals surface area contributed by atoms with Crippen LogP contribution in [0.4, 0.5) is 0 Å². The summed E-state index contributed by atoms with van der Waals surface area (Å²) in [4.78, 5) is 27.2.